The van der Waals surface area contributed by atoms with Crippen molar-refractivity contribution in [2.45, 2.75) is 32.5 Å². The Labute approximate surface area is 190 Å². The zero-order chi connectivity index (χ0) is 23.9. The van der Waals surface area contributed by atoms with E-state index < -0.39 is 31.5 Å². The van der Waals surface area contributed by atoms with Crippen LogP contribution in [0.25, 0.3) is 33.1 Å². The largest absolute Gasteiger partial charge is 0.507 e. The molecule has 4 aromatic rings. The molecule has 1 atom stereocenters. The normalized spacial score (nSPS) is 12.9. The van der Waals surface area contributed by atoms with Crippen molar-refractivity contribution < 1.29 is 28.5 Å². The van der Waals surface area contributed by atoms with Gasteiger partial charge < -0.3 is 19.7 Å². The van der Waals surface area contributed by atoms with E-state index in [-0.39, 0.29) is 33.4 Å². The molecule has 0 bridgehead atoms. The van der Waals surface area contributed by atoms with Crippen LogP contribution in [-0.4, -0.2) is 40.8 Å². The number of halogens is 2. The lowest BCUT2D eigenvalue weighted by atomic mass is 10.00. The van der Waals surface area contributed by atoms with Crippen molar-refractivity contribution >= 4 is 29.9 Å². The van der Waals surface area contributed by atoms with Gasteiger partial charge in [0.25, 0.3) is 0 Å². The lowest BCUT2D eigenvalue weighted by Gasteiger charge is -2.29. The third-order valence-corrected chi connectivity index (χ3v) is 6.84. The molecule has 0 aliphatic rings. The number of fused-ring (bicyclic) bond motifs is 2. The Bertz CT molecular complexity index is 1360. The van der Waals surface area contributed by atoms with Gasteiger partial charge in [-0.05, 0) is 36.6 Å². The van der Waals surface area contributed by atoms with Gasteiger partial charge in [0.1, 0.15) is 36.9 Å². The molecule has 0 saturated carbocycles. The molecule has 9 heteroatoms. The molecule has 2 N–H and O–H groups in total. The molecule has 0 saturated heterocycles. The second kappa shape index (κ2) is 8.57. The smallest absolute Gasteiger partial charge is 0.216 e. The fourth-order valence-electron chi connectivity index (χ4n) is 3.63. The van der Waals surface area contributed by atoms with Crippen molar-refractivity contribution in [3.8, 4) is 28.6 Å². The van der Waals surface area contributed by atoms with E-state index >= 15 is 4.39 Å². The fourth-order valence-corrected chi connectivity index (χ4v) is 4.78. The summed E-state index contributed by atoms with van der Waals surface area (Å²) in [5, 5.41) is 20.5. The summed E-state index contributed by atoms with van der Waals surface area (Å²) in [5.74, 6) is -2.23. The van der Waals surface area contributed by atoms with E-state index in [1.54, 1.807) is 18.2 Å². The molecule has 33 heavy (non-hydrogen) atoms. The second-order valence-electron chi connectivity index (χ2n) is 8.77. The molecule has 0 fully saturated rings. The molecule has 2 aromatic carbocycles. The van der Waals surface area contributed by atoms with Crippen LogP contribution in [0.2, 0.25) is 19.6 Å². The molecule has 2 heterocycles. The number of hydrogen-bond donors (Lipinski definition) is 2. The van der Waals surface area contributed by atoms with Crippen molar-refractivity contribution in [3.05, 3.63) is 54.1 Å². The molecule has 6 nitrogen and oxygen atoms in total. The van der Waals surface area contributed by atoms with E-state index in [0.717, 1.165) is 12.1 Å². The highest BCUT2D eigenvalue weighted by Crippen LogP contribution is 2.38. The van der Waals surface area contributed by atoms with Crippen molar-refractivity contribution in [3.63, 3.8) is 0 Å². The fraction of sp³-hybridized carbons (Fsp3) is 0.250. The van der Waals surface area contributed by atoms with Gasteiger partial charge in [0, 0.05) is 23.6 Å². The molecule has 0 aliphatic heterocycles. The Kier molecular flexibility index (Phi) is 5.94. The molecule has 172 valence electrons. The molecule has 0 spiro atoms. The SMILES string of the molecule is CCOC(Oc1cc(-c2nc3nc(O)cc(O)c3cc2F)c2c(F)cccc2c1)[Si](C)(C)C. The maximum atomic E-state index is 15.2. The Balaban J connectivity index is 1.96. The number of ether oxygens (including phenoxy) is 2. The standard InChI is InChI=1S/C24H24F2N2O4Si/c1-5-31-24(33(2,3)4)32-14-9-13-7-6-8-17(25)21(13)16(10-14)22-18(26)11-15-19(29)12-20(30)27-23(15)28-22/h6-12,24H,5H2,1-4H3,(H2,27,28,29,30). The number of hydrogen-bond acceptors (Lipinski definition) is 6. The minimum absolute atomic E-state index is 0.0291. The van der Waals surface area contributed by atoms with Gasteiger partial charge in [-0.15, -0.1) is 0 Å². The molecule has 2 aromatic heterocycles. The van der Waals surface area contributed by atoms with Crippen LogP contribution in [0.1, 0.15) is 6.92 Å². The minimum atomic E-state index is -1.90. The highest BCUT2D eigenvalue weighted by Gasteiger charge is 2.30. The van der Waals surface area contributed by atoms with Crippen LogP contribution in [0.3, 0.4) is 0 Å². The molecule has 0 radical (unpaired) electrons. The number of pyridine rings is 2. The van der Waals surface area contributed by atoms with Crippen molar-refractivity contribution in [1.29, 1.82) is 0 Å². The summed E-state index contributed by atoms with van der Waals surface area (Å²) in [6.07, 6.45) is 0. The first-order valence-electron chi connectivity index (χ1n) is 10.5. The number of benzene rings is 2. The van der Waals surface area contributed by atoms with Gasteiger partial charge in [-0.1, -0.05) is 31.8 Å². The zero-order valence-corrected chi connectivity index (χ0v) is 19.7. The number of aromatic hydroxyl groups is 2. The zero-order valence-electron chi connectivity index (χ0n) is 18.7. The van der Waals surface area contributed by atoms with Crippen LogP contribution in [-0.2, 0) is 4.74 Å². The van der Waals surface area contributed by atoms with Crippen molar-refractivity contribution in [2.75, 3.05) is 6.61 Å². The summed E-state index contributed by atoms with van der Waals surface area (Å²) in [6, 6.07) is 9.81. The Morgan fingerprint density at radius 3 is 2.45 bits per heavy atom. The highest BCUT2D eigenvalue weighted by molar-refractivity contribution is 6.77. The average Bonchev–Trinajstić information content (AvgIpc) is 2.72. The molecular formula is C24H24F2N2O4Si. The predicted molar refractivity (Wildman–Crippen MR) is 125 cm³/mol. The number of rotatable bonds is 6. The summed E-state index contributed by atoms with van der Waals surface area (Å²) in [7, 11) is -1.90. The van der Waals surface area contributed by atoms with E-state index in [4.69, 9.17) is 9.47 Å². The summed E-state index contributed by atoms with van der Waals surface area (Å²) >= 11 is 0. The highest BCUT2D eigenvalue weighted by atomic mass is 28.3. The van der Waals surface area contributed by atoms with Crippen LogP contribution in [0.5, 0.6) is 17.4 Å². The maximum Gasteiger partial charge on any atom is 0.216 e. The van der Waals surface area contributed by atoms with Gasteiger partial charge in [-0.25, -0.2) is 13.8 Å². The van der Waals surface area contributed by atoms with E-state index in [1.807, 2.05) is 6.92 Å². The molecule has 0 amide bonds. The first-order chi connectivity index (χ1) is 15.6. The van der Waals surface area contributed by atoms with Crippen LogP contribution < -0.4 is 4.74 Å². The van der Waals surface area contributed by atoms with Gasteiger partial charge in [-0.3, -0.25) is 0 Å². The van der Waals surface area contributed by atoms with Crippen molar-refractivity contribution in [2.24, 2.45) is 0 Å². The van der Waals surface area contributed by atoms with E-state index in [2.05, 4.69) is 29.6 Å². The first-order valence-corrected chi connectivity index (χ1v) is 14.1. The average molecular weight is 471 g/mol. The summed E-state index contributed by atoms with van der Waals surface area (Å²) in [5.41, 5.74) is -0.0917. The third-order valence-electron chi connectivity index (χ3n) is 5.14. The topological polar surface area (TPSA) is 84.7 Å². The maximum absolute atomic E-state index is 15.2. The monoisotopic (exact) mass is 470 g/mol. The molecule has 1 unspecified atom stereocenters. The van der Waals surface area contributed by atoms with Gasteiger partial charge >= 0.3 is 0 Å². The van der Waals surface area contributed by atoms with Crippen LogP contribution in [0.15, 0.2) is 42.5 Å². The van der Waals surface area contributed by atoms with E-state index in [9.17, 15) is 14.6 Å². The van der Waals surface area contributed by atoms with Gasteiger partial charge in [0.05, 0.1) is 5.39 Å². The van der Waals surface area contributed by atoms with Crippen LogP contribution in [0.4, 0.5) is 8.78 Å². The van der Waals surface area contributed by atoms with Crippen molar-refractivity contribution in [1.82, 2.24) is 9.97 Å². The van der Waals surface area contributed by atoms with Gasteiger partial charge in [0.2, 0.25) is 5.88 Å². The summed E-state index contributed by atoms with van der Waals surface area (Å²) in [6.45, 7) is 8.64. The summed E-state index contributed by atoms with van der Waals surface area (Å²) < 4.78 is 42.1. The van der Waals surface area contributed by atoms with E-state index in [1.165, 1.54) is 12.1 Å². The summed E-state index contributed by atoms with van der Waals surface area (Å²) in [4.78, 5) is 8.08. The van der Waals surface area contributed by atoms with E-state index in [0.29, 0.717) is 17.7 Å². The second-order valence-corrected chi connectivity index (χ2v) is 14.0. The first kappa shape index (κ1) is 22.9. The van der Waals surface area contributed by atoms with Gasteiger partial charge in [0.15, 0.2) is 11.6 Å². The molecule has 4 rings (SSSR count). The lowest BCUT2D eigenvalue weighted by Crippen LogP contribution is -2.44. The minimum Gasteiger partial charge on any atom is -0.507 e. The third kappa shape index (κ3) is 4.46. The Morgan fingerprint density at radius 2 is 1.76 bits per heavy atom. The van der Waals surface area contributed by atoms with Gasteiger partial charge in [-0.2, -0.15) is 4.98 Å². The molecule has 0 aliphatic carbocycles. The Hall–Kier alpha value is -3.30. The quantitative estimate of drug-likeness (QED) is 0.275. The van der Waals surface area contributed by atoms with Crippen LogP contribution in [0, 0.1) is 11.6 Å². The Morgan fingerprint density at radius 1 is 1.00 bits per heavy atom. The lowest BCUT2D eigenvalue weighted by molar-refractivity contribution is -0.0233. The number of nitrogens with zero attached hydrogens (tertiary/aromatic N) is 2. The van der Waals surface area contributed by atoms with Crippen LogP contribution >= 0.6 is 0 Å². The predicted octanol–water partition coefficient (Wildman–Crippen LogP) is 5.76. The molecular weight excluding hydrogens is 446 g/mol. The number of aromatic nitrogens is 2.